The van der Waals surface area contributed by atoms with Crippen LogP contribution in [0.25, 0.3) is 0 Å². The molecular formula is C19H22ClFN4O3. The standard InChI is InChI=1S/C19H22ClFN4O3/c20-14-4-3-13(11-15(14)21)24-7-9-25(10-8-24)16(26)5-6-19(12-1-2-12)17(27)22-18(28)23-19/h3-4,11-12H,1-2,5-10H2,(H2,22,23,27,28). The Balaban J connectivity index is 1.32. The molecule has 1 aliphatic carbocycles. The van der Waals surface area contributed by atoms with Crippen molar-refractivity contribution < 1.29 is 18.8 Å². The van der Waals surface area contributed by atoms with Crippen LogP contribution in [-0.2, 0) is 9.59 Å². The summed E-state index contributed by atoms with van der Waals surface area (Å²) in [5.41, 5.74) is -0.193. The number of urea groups is 1. The van der Waals surface area contributed by atoms with Gasteiger partial charge in [0.05, 0.1) is 5.02 Å². The number of imide groups is 1. The molecule has 2 heterocycles. The molecule has 0 spiro atoms. The molecule has 0 radical (unpaired) electrons. The molecular weight excluding hydrogens is 387 g/mol. The summed E-state index contributed by atoms with van der Waals surface area (Å²) < 4.78 is 13.7. The Labute approximate surface area is 167 Å². The Kier molecular flexibility index (Phi) is 4.91. The number of carbonyl (C=O) groups is 3. The summed E-state index contributed by atoms with van der Waals surface area (Å²) in [6.45, 7) is 2.24. The predicted molar refractivity (Wildman–Crippen MR) is 102 cm³/mol. The first kappa shape index (κ1) is 19.0. The second-order valence-electron chi connectivity index (χ2n) is 7.62. The van der Waals surface area contributed by atoms with E-state index in [1.165, 1.54) is 12.1 Å². The van der Waals surface area contributed by atoms with Crippen LogP contribution in [0.1, 0.15) is 25.7 Å². The van der Waals surface area contributed by atoms with Crippen LogP contribution in [0, 0.1) is 11.7 Å². The van der Waals surface area contributed by atoms with Crippen molar-refractivity contribution in [1.29, 1.82) is 0 Å². The summed E-state index contributed by atoms with van der Waals surface area (Å²) in [5.74, 6) is -0.693. The van der Waals surface area contributed by atoms with Crippen molar-refractivity contribution >= 4 is 35.1 Å². The van der Waals surface area contributed by atoms with Gasteiger partial charge < -0.3 is 15.1 Å². The zero-order valence-corrected chi connectivity index (χ0v) is 16.1. The highest BCUT2D eigenvalue weighted by Crippen LogP contribution is 2.43. The number of rotatable bonds is 5. The number of hydrogen-bond donors (Lipinski definition) is 2. The molecule has 1 unspecified atom stereocenters. The maximum Gasteiger partial charge on any atom is 0.322 e. The van der Waals surface area contributed by atoms with Crippen LogP contribution < -0.4 is 15.5 Å². The molecule has 3 fully saturated rings. The molecule has 9 heteroatoms. The zero-order valence-electron chi connectivity index (χ0n) is 15.3. The zero-order chi connectivity index (χ0) is 19.9. The van der Waals surface area contributed by atoms with E-state index in [1.807, 2.05) is 4.90 Å². The van der Waals surface area contributed by atoms with Crippen LogP contribution in [0.2, 0.25) is 5.02 Å². The van der Waals surface area contributed by atoms with Crippen LogP contribution in [0.3, 0.4) is 0 Å². The lowest BCUT2D eigenvalue weighted by Gasteiger charge is -2.36. The fourth-order valence-electron chi connectivity index (χ4n) is 4.11. The number of anilines is 1. The smallest absolute Gasteiger partial charge is 0.322 e. The molecule has 7 nitrogen and oxygen atoms in total. The average molecular weight is 409 g/mol. The molecule has 1 saturated carbocycles. The number of amides is 4. The minimum absolute atomic E-state index is 0.0316. The van der Waals surface area contributed by atoms with Gasteiger partial charge >= 0.3 is 6.03 Å². The number of nitrogens with zero attached hydrogens (tertiary/aromatic N) is 2. The lowest BCUT2D eigenvalue weighted by Crippen LogP contribution is -2.51. The van der Waals surface area contributed by atoms with Crippen LogP contribution >= 0.6 is 11.6 Å². The van der Waals surface area contributed by atoms with Crippen molar-refractivity contribution in [3.05, 3.63) is 29.0 Å². The van der Waals surface area contributed by atoms with Gasteiger partial charge in [0.25, 0.3) is 5.91 Å². The maximum atomic E-state index is 13.7. The van der Waals surface area contributed by atoms with Crippen molar-refractivity contribution in [1.82, 2.24) is 15.5 Å². The van der Waals surface area contributed by atoms with Crippen molar-refractivity contribution in [2.24, 2.45) is 5.92 Å². The van der Waals surface area contributed by atoms with E-state index in [1.54, 1.807) is 11.0 Å². The van der Waals surface area contributed by atoms with Crippen LogP contribution in [-0.4, -0.2) is 54.5 Å². The largest absolute Gasteiger partial charge is 0.368 e. The number of halogens is 2. The summed E-state index contributed by atoms with van der Waals surface area (Å²) in [4.78, 5) is 40.3. The van der Waals surface area contributed by atoms with E-state index < -0.39 is 17.4 Å². The highest BCUT2D eigenvalue weighted by Gasteiger charge is 2.55. The molecule has 1 aromatic carbocycles. The highest BCUT2D eigenvalue weighted by atomic mass is 35.5. The summed E-state index contributed by atoms with van der Waals surface area (Å²) >= 11 is 5.73. The van der Waals surface area contributed by atoms with Gasteiger partial charge in [-0.15, -0.1) is 0 Å². The maximum absolute atomic E-state index is 13.7. The number of hydrogen-bond acceptors (Lipinski definition) is 4. The Bertz CT molecular complexity index is 823. The third-order valence-corrected chi connectivity index (χ3v) is 6.18. The second-order valence-corrected chi connectivity index (χ2v) is 8.03. The van der Waals surface area contributed by atoms with E-state index in [4.69, 9.17) is 11.6 Å². The van der Waals surface area contributed by atoms with Gasteiger partial charge in [0.2, 0.25) is 5.91 Å². The molecule has 0 bridgehead atoms. The number of carbonyl (C=O) groups excluding carboxylic acids is 3. The average Bonchev–Trinajstić information content (AvgIpc) is 3.48. The number of nitrogens with one attached hydrogen (secondary N) is 2. The van der Waals surface area contributed by atoms with Crippen molar-refractivity contribution in [3.63, 3.8) is 0 Å². The summed E-state index contributed by atoms with van der Waals surface area (Å²) in [5, 5.41) is 5.14. The van der Waals surface area contributed by atoms with Gasteiger partial charge in [-0.2, -0.15) is 0 Å². The van der Waals surface area contributed by atoms with Gasteiger partial charge in [0.1, 0.15) is 11.4 Å². The monoisotopic (exact) mass is 408 g/mol. The highest BCUT2D eigenvalue weighted by molar-refractivity contribution is 6.30. The molecule has 1 aromatic rings. The normalized spacial score (nSPS) is 24.9. The summed E-state index contributed by atoms with van der Waals surface area (Å²) in [6, 6.07) is 4.22. The first-order valence-corrected chi connectivity index (χ1v) is 9.88. The van der Waals surface area contributed by atoms with E-state index >= 15 is 0 Å². The number of benzene rings is 1. The van der Waals surface area contributed by atoms with Crippen molar-refractivity contribution in [2.75, 3.05) is 31.1 Å². The molecule has 4 amide bonds. The Morgan fingerprint density at radius 3 is 2.50 bits per heavy atom. The van der Waals surface area contributed by atoms with E-state index in [0.29, 0.717) is 32.6 Å². The topological polar surface area (TPSA) is 81.8 Å². The molecule has 2 aliphatic heterocycles. The molecule has 28 heavy (non-hydrogen) atoms. The minimum atomic E-state index is -0.935. The SMILES string of the molecule is O=C1NC(=O)C(CCC(=O)N2CCN(c3ccc(Cl)c(F)c3)CC2)(C2CC2)N1. The van der Waals surface area contributed by atoms with E-state index in [2.05, 4.69) is 10.6 Å². The van der Waals surface area contributed by atoms with Gasteiger partial charge in [-0.05, 0) is 43.4 Å². The first-order valence-electron chi connectivity index (χ1n) is 9.50. The molecule has 3 aliphatic rings. The second kappa shape index (κ2) is 7.24. The lowest BCUT2D eigenvalue weighted by molar-refractivity contribution is -0.132. The Morgan fingerprint density at radius 1 is 1.21 bits per heavy atom. The third kappa shape index (κ3) is 3.53. The van der Waals surface area contributed by atoms with Gasteiger partial charge in [-0.1, -0.05) is 11.6 Å². The van der Waals surface area contributed by atoms with Gasteiger partial charge in [-0.25, -0.2) is 9.18 Å². The van der Waals surface area contributed by atoms with E-state index in [-0.39, 0.29) is 29.2 Å². The molecule has 150 valence electrons. The van der Waals surface area contributed by atoms with Gasteiger partial charge in [-0.3, -0.25) is 14.9 Å². The fraction of sp³-hybridized carbons (Fsp3) is 0.526. The van der Waals surface area contributed by atoms with Crippen molar-refractivity contribution in [3.8, 4) is 0 Å². The van der Waals surface area contributed by atoms with Crippen LogP contribution in [0.5, 0.6) is 0 Å². The summed E-state index contributed by atoms with van der Waals surface area (Å²) in [6.07, 6.45) is 2.30. The minimum Gasteiger partial charge on any atom is -0.368 e. The Hall–Kier alpha value is -2.35. The number of piperazine rings is 1. The molecule has 2 saturated heterocycles. The quantitative estimate of drug-likeness (QED) is 0.729. The molecule has 2 N–H and O–H groups in total. The third-order valence-electron chi connectivity index (χ3n) is 5.88. The molecule has 4 rings (SSSR count). The summed E-state index contributed by atoms with van der Waals surface area (Å²) in [7, 11) is 0. The first-order chi connectivity index (χ1) is 13.4. The predicted octanol–water partition coefficient (Wildman–Crippen LogP) is 1.90. The van der Waals surface area contributed by atoms with Gasteiger partial charge in [0, 0.05) is 38.3 Å². The van der Waals surface area contributed by atoms with Crippen molar-refractivity contribution in [2.45, 2.75) is 31.2 Å². The molecule has 1 atom stereocenters. The fourth-order valence-corrected chi connectivity index (χ4v) is 4.22. The Morgan fingerprint density at radius 2 is 1.93 bits per heavy atom. The van der Waals surface area contributed by atoms with E-state index in [9.17, 15) is 18.8 Å². The van der Waals surface area contributed by atoms with Crippen LogP contribution in [0.4, 0.5) is 14.9 Å². The molecule has 0 aromatic heterocycles. The lowest BCUT2D eigenvalue weighted by atomic mass is 9.87. The van der Waals surface area contributed by atoms with Crippen LogP contribution in [0.15, 0.2) is 18.2 Å². The van der Waals surface area contributed by atoms with Gasteiger partial charge in [0.15, 0.2) is 0 Å². The van der Waals surface area contributed by atoms with E-state index in [0.717, 1.165) is 18.5 Å².